The Bertz CT molecular complexity index is 673. The van der Waals surface area contributed by atoms with Gasteiger partial charge < -0.3 is 14.2 Å². The Hall–Kier alpha value is -1.77. The third-order valence-electron chi connectivity index (χ3n) is 4.45. The van der Waals surface area contributed by atoms with Crippen LogP contribution in [0.2, 0.25) is 0 Å². The van der Waals surface area contributed by atoms with Crippen molar-refractivity contribution in [3.63, 3.8) is 0 Å². The molecule has 0 saturated carbocycles. The summed E-state index contributed by atoms with van der Waals surface area (Å²) in [5.41, 5.74) is 0. The van der Waals surface area contributed by atoms with Crippen molar-refractivity contribution in [3.05, 3.63) is 23.3 Å². The van der Waals surface area contributed by atoms with Crippen molar-refractivity contribution in [1.82, 2.24) is 19.9 Å². The number of hydrogen-bond acceptors (Lipinski definition) is 7. The smallest absolute Gasteiger partial charge is 0.268 e. The van der Waals surface area contributed by atoms with Crippen molar-refractivity contribution in [2.75, 3.05) is 32.8 Å². The molecular weight excluding hydrogens is 328 g/mol. The van der Waals surface area contributed by atoms with E-state index in [4.69, 9.17) is 9.26 Å². The van der Waals surface area contributed by atoms with Crippen LogP contribution < -0.4 is 0 Å². The number of carbonyl (C=O) groups excluding carboxylic acids is 1. The van der Waals surface area contributed by atoms with Crippen molar-refractivity contribution in [2.45, 2.75) is 25.5 Å². The number of carbonyl (C=O) groups is 1. The molecule has 2 saturated heterocycles. The normalized spacial score (nSPS) is 22.2. The molecule has 0 spiro atoms. The summed E-state index contributed by atoms with van der Waals surface area (Å²) in [6.07, 6.45) is 1.62. The van der Waals surface area contributed by atoms with Crippen LogP contribution in [0.15, 0.2) is 22.0 Å². The van der Waals surface area contributed by atoms with E-state index in [1.165, 1.54) is 0 Å². The van der Waals surface area contributed by atoms with Gasteiger partial charge in [-0.25, -0.2) is 0 Å². The molecule has 2 aliphatic heterocycles. The molecule has 1 amide bonds. The van der Waals surface area contributed by atoms with Gasteiger partial charge in [0, 0.05) is 32.8 Å². The number of piperazine rings is 1. The van der Waals surface area contributed by atoms with Crippen LogP contribution in [0.4, 0.5) is 0 Å². The number of hydrogen-bond donors (Lipinski definition) is 0. The zero-order valence-electron chi connectivity index (χ0n) is 13.4. The highest BCUT2D eigenvalue weighted by Crippen LogP contribution is 2.23. The first kappa shape index (κ1) is 15.7. The zero-order chi connectivity index (χ0) is 16.4. The number of ether oxygens (including phenoxy) is 1. The Balaban J connectivity index is 1.29. The van der Waals surface area contributed by atoms with Gasteiger partial charge in [-0.3, -0.25) is 9.69 Å². The van der Waals surface area contributed by atoms with Crippen LogP contribution in [0.3, 0.4) is 0 Å². The zero-order valence-corrected chi connectivity index (χ0v) is 14.2. The van der Waals surface area contributed by atoms with Crippen LogP contribution in [0, 0.1) is 0 Å². The summed E-state index contributed by atoms with van der Waals surface area (Å²) in [4.78, 5) is 22.0. The lowest BCUT2D eigenvalue weighted by atomic mass is 10.2. The van der Waals surface area contributed by atoms with E-state index in [0.717, 1.165) is 43.9 Å². The van der Waals surface area contributed by atoms with E-state index in [-0.39, 0.29) is 12.0 Å². The van der Waals surface area contributed by atoms with Crippen LogP contribution >= 0.6 is 11.3 Å². The largest absolute Gasteiger partial charge is 0.368 e. The van der Waals surface area contributed by atoms with Crippen LogP contribution in [0.5, 0.6) is 0 Å². The lowest BCUT2D eigenvalue weighted by molar-refractivity contribution is -0.142. The van der Waals surface area contributed by atoms with Gasteiger partial charge in [-0.2, -0.15) is 4.98 Å². The predicted molar refractivity (Wildman–Crippen MR) is 88.4 cm³/mol. The monoisotopic (exact) mass is 348 g/mol. The van der Waals surface area contributed by atoms with Gasteiger partial charge in [0.25, 0.3) is 11.8 Å². The number of rotatable bonds is 4. The molecule has 2 aromatic rings. The average molecular weight is 348 g/mol. The fraction of sp³-hybridized carbons (Fsp3) is 0.562. The van der Waals surface area contributed by atoms with E-state index in [9.17, 15) is 4.79 Å². The molecule has 2 fully saturated rings. The number of amides is 1. The summed E-state index contributed by atoms with van der Waals surface area (Å²) >= 11 is 1.59. The summed E-state index contributed by atoms with van der Waals surface area (Å²) in [6, 6.07) is 3.94. The van der Waals surface area contributed by atoms with Gasteiger partial charge >= 0.3 is 0 Å². The molecule has 0 aliphatic carbocycles. The van der Waals surface area contributed by atoms with Gasteiger partial charge in [0.15, 0.2) is 5.82 Å². The molecule has 4 rings (SSSR count). The topological polar surface area (TPSA) is 71.7 Å². The second-order valence-corrected chi connectivity index (χ2v) is 7.04. The van der Waals surface area contributed by atoms with Gasteiger partial charge in [0.2, 0.25) is 0 Å². The molecule has 8 heteroatoms. The fourth-order valence-corrected chi connectivity index (χ4v) is 3.77. The summed E-state index contributed by atoms with van der Waals surface area (Å²) in [6.45, 7) is 4.46. The predicted octanol–water partition coefficient (Wildman–Crippen LogP) is 1.62. The maximum Gasteiger partial charge on any atom is 0.268 e. The van der Waals surface area contributed by atoms with Gasteiger partial charge in [0.05, 0.1) is 11.4 Å². The van der Waals surface area contributed by atoms with E-state index in [1.54, 1.807) is 11.3 Å². The number of aromatic nitrogens is 2. The van der Waals surface area contributed by atoms with Crippen molar-refractivity contribution >= 4 is 17.2 Å². The standard InChI is InChI=1S/C16H20N4O3S/c21-16(12-3-1-9-22-12)20-7-5-19(6-8-20)11-14-17-15(23-18-14)13-4-2-10-24-13/h2,4,10,12H,1,3,5-9,11H2. The number of nitrogens with zero attached hydrogens (tertiary/aromatic N) is 4. The van der Waals surface area contributed by atoms with E-state index in [2.05, 4.69) is 15.0 Å². The van der Waals surface area contributed by atoms with Gasteiger partial charge in [-0.1, -0.05) is 11.2 Å². The molecule has 2 aliphatic rings. The number of thiophene rings is 1. The van der Waals surface area contributed by atoms with Gasteiger partial charge in [0.1, 0.15) is 6.10 Å². The van der Waals surface area contributed by atoms with E-state index in [1.807, 2.05) is 22.4 Å². The third kappa shape index (κ3) is 3.35. The first-order valence-corrected chi connectivity index (χ1v) is 9.17. The van der Waals surface area contributed by atoms with Crippen molar-refractivity contribution < 1.29 is 14.1 Å². The second kappa shape index (κ2) is 7.00. The fourth-order valence-electron chi connectivity index (χ4n) is 3.12. The van der Waals surface area contributed by atoms with Crippen LogP contribution in [-0.2, 0) is 16.1 Å². The van der Waals surface area contributed by atoms with E-state index < -0.39 is 0 Å². The maximum atomic E-state index is 12.3. The lowest BCUT2D eigenvalue weighted by Crippen LogP contribution is -2.51. The van der Waals surface area contributed by atoms with Crippen LogP contribution in [0.1, 0.15) is 18.7 Å². The Morgan fingerprint density at radius 1 is 1.33 bits per heavy atom. The van der Waals surface area contributed by atoms with Crippen LogP contribution in [-0.4, -0.2) is 64.7 Å². The molecule has 128 valence electrons. The molecule has 0 N–H and O–H groups in total. The van der Waals surface area contributed by atoms with E-state index >= 15 is 0 Å². The minimum atomic E-state index is -0.220. The molecule has 1 atom stereocenters. The van der Waals surface area contributed by atoms with Crippen molar-refractivity contribution in [1.29, 1.82) is 0 Å². The van der Waals surface area contributed by atoms with Crippen molar-refractivity contribution in [3.8, 4) is 10.8 Å². The molecule has 0 aromatic carbocycles. The van der Waals surface area contributed by atoms with Gasteiger partial charge in [-0.05, 0) is 24.3 Å². The maximum absolute atomic E-state index is 12.3. The quantitative estimate of drug-likeness (QED) is 0.836. The minimum Gasteiger partial charge on any atom is -0.368 e. The minimum absolute atomic E-state index is 0.145. The molecule has 24 heavy (non-hydrogen) atoms. The second-order valence-electron chi connectivity index (χ2n) is 6.10. The molecule has 1 unspecified atom stereocenters. The highest BCUT2D eigenvalue weighted by molar-refractivity contribution is 7.13. The SMILES string of the molecule is O=C(C1CCCO1)N1CCN(Cc2noc(-c3cccs3)n2)CC1. The van der Waals surface area contributed by atoms with Gasteiger partial charge in [-0.15, -0.1) is 11.3 Å². The van der Waals surface area contributed by atoms with Crippen molar-refractivity contribution in [2.24, 2.45) is 0 Å². The average Bonchev–Trinajstić information content (AvgIpc) is 3.36. The summed E-state index contributed by atoms with van der Waals surface area (Å²) in [5.74, 6) is 1.41. The Kier molecular flexibility index (Phi) is 4.59. The molecule has 0 radical (unpaired) electrons. The highest BCUT2D eigenvalue weighted by atomic mass is 32.1. The first-order valence-electron chi connectivity index (χ1n) is 8.29. The lowest BCUT2D eigenvalue weighted by Gasteiger charge is -2.35. The highest BCUT2D eigenvalue weighted by Gasteiger charge is 2.30. The Morgan fingerprint density at radius 3 is 2.92 bits per heavy atom. The molecule has 2 aromatic heterocycles. The summed E-state index contributed by atoms with van der Waals surface area (Å²) in [5, 5.41) is 6.05. The third-order valence-corrected chi connectivity index (χ3v) is 5.31. The van der Waals surface area contributed by atoms with Crippen LogP contribution in [0.25, 0.3) is 10.8 Å². The Labute approximate surface area is 144 Å². The summed E-state index contributed by atoms with van der Waals surface area (Å²) in [7, 11) is 0. The molecule has 0 bridgehead atoms. The first-order chi connectivity index (χ1) is 11.8. The molecule has 7 nitrogen and oxygen atoms in total. The molecular formula is C16H20N4O3S. The Morgan fingerprint density at radius 2 is 2.21 bits per heavy atom. The summed E-state index contributed by atoms with van der Waals surface area (Å²) < 4.78 is 10.8. The molecule has 4 heterocycles. The van der Waals surface area contributed by atoms with E-state index in [0.29, 0.717) is 24.9 Å².